The van der Waals surface area contributed by atoms with Crippen molar-refractivity contribution >= 4 is 0 Å². The fraction of sp³-hybridized carbons (Fsp3) is 0.333. The molecule has 0 atom stereocenters. The first-order valence-electron chi connectivity index (χ1n) is 5.53. The molecule has 0 N–H and O–H groups in total. The van der Waals surface area contributed by atoms with Crippen molar-refractivity contribution in [2.75, 3.05) is 0 Å². The molecule has 17 heavy (non-hydrogen) atoms. The van der Waals surface area contributed by atoms with Crippen molar-refractivity contribution in [3.05, 3.63) is 41.8 Å². The van der Waals surface area contributed by atoms with Gasteiger partial charge in [-0.2, -0.15) is 4.98 Å². The van der Waals surface area contributed by atoms with E-state index < -0.39 is 5.82 Å². The van der Waals surface area contributed by atoms with E-state index in [-0.39, 0.29) is 12.4 Å². The van der Waals surface area contributed by atoms with Gasteiger partial charge in [-0.05, 0) is 25.0 Å². The summed E-state index contributed by atoms with van der Waals surface area (Å²) in [5.74, 6) is 1.35. The zero-order valence-corrected chi connectivity index (χ0v) is 9.10. The maximum absolute atomic E-state index is 13.2. The molecule has 1 aliphatic rings. The zero-order chi connectivity index (χ0) is 11.7. The van der Waals surface area contributed by atoms with Crippen molar-refractivity contribution < 1.29 is 13.7 Å². The van der Waals surface area contributed by atoms with Gasteiger partial charge >= 0.3 is 0 Å². The van der Waals surface area contributed by atoms with E-state index in [2.05, 4.69) is 10.1 Å². The number of ether oxygens (including phenoxy) is 1. The number of hydrogen-bond acceptors (Lipinski definition) is 4. The summed E-state index contributed by atoms with van der Waals surface area (Å²) in [6.07, 6.45) is 2.21. The number of para-hydroxylation sites is 1. The fourth-order valence-electron chi connectivity index (χ4n) is 1.53. The lowest BCUT2D eigenvalue weighted by molar-refractivity contribution is 0.272. The van der Waals surface area contributed by atoms with Gasteiger partial charge in [0.05, 0.1) is 0 Å². The Balaban J connectivity index is 1.65. The van der Waals surface area contributed by atoms with Crippen molar-refractivity contribution in [2.24, 2.45) is 0 Å². The van der Waals surface area contributed by atoms with Gasteiger partial charge in [0.2, 0.25) is 11.7 Å². The second-order valence-electron chi connectivity index (χ2n) is 4.04. The second kappa shape index (κ2) is 4.16. The lowest BCUT2D eigenvalue weighted by atomic mass is 10.3. The Hall–Kier alpha value is -1.91. The molecule has 0 radical (unpaired) electrons. The van der Waals surface area contributed by atoms with E-state index in [1.165, 1.54) is 6.07 Å². The van der Waals surface area contributed by atoms with Crippen LogP contribution >= 0.6 is 0 Å². The van der Waals surface area contributed by atoms with Crippen molar-refractivity contribution in [2.45, 2.75) is 25.4 Å². The van der Waals surface area contributed by atoms with E-state index in [4.69, 9.17) is 9.26 Å². The standard InChI is InChI=1S/C12H11FN2O2/c13-9-3-1-2-4-10(9)16-7-11-14-12(17-15-11)8-5-6-8/h1-4,8H,5-7H2. The Labute approximate surface area is 97.4 Å². The maximum atomic E-state index is 13.2. The van der Waals surface area contributed by atoms with Gasteiger partial charge in [0.25, 0.3) is 0 Å². The highest BCUT2D eigenvalue weighted by atomic mass is 19.1. The number of hydrogen-bond donors (Lipinski definition) is 0. The van der Waals surface area contributed by atoms with Crippen LogP contribution in [0.25, 0.3) is 0 Å². The van der Waals surface area contributed by atoms with Crippen LogP contribution in [0, 0.1) is 5.82 Å². The highest BCUT2D eigenvalue weighted by Crippen LogP contribution is 2.38. The molecule has 88 valence electrons. The summed E-state index contributed by atoms with van der Waals surface area (Å²) >= 11 is 0. The Morgan fingerprint density at radius 1 is 1.35 bits per heavy atom. The van der Waals surface area contributed by atoms with Gasteiger partial charge in [0.15, 0.2) is 18.2 Å². The molecule has 0 aliphatic heterocycles. The van der Waals surface area contributed by atoms with Gasteiger partial charge in [-0.25, -0.2) is 4.39 Å². The van der Waals surface area contributed by atoms with Crippen molar-refractivity contribution in [1.29, 1.82) is 0 Å². The first-order chi connectivity index (χ1) is 8.33. The third-order valence-corrected chi connectivity index (χ3v) is 2.60. The summed E-state index contributed by atoms with van der Waals surface area (Å²) in [6.45, 7) is 0.122. The molecule has 1 aromatic heterocycles. The topological polar surface area (TPSA) is 48.2 Å². The van der Waals surface area contributed by atoms with Crippen LogP contribution < -0.4 is 4.74 Å². The summed E-state index contributed by atoms with van der Waals surface area (Å²) in [7, 11) is 0. The normalized spacial score (nSPS) is 14.9. The minimum absolute atomic E-state index is 0.122. The molecule has 4 nitrogen and oxygen atoms in total. The number of benzene rings is 1. The highest BCUT2D eigenvalue weighted by Gasteiger charge is 2.29. The molecule has 1 heterocycles. The molecule has 1 aromatic carbocycles. The first-order valence-corrected chi connectivity index (χ1v) is 5.53. The maximum Gasteiger partial charge on any atom is 0.229 e. The lowest BCUT2D eigenvalue weighted by Gasteiger charge is -2.03. The number of rotatable bonds is 4. The van der Waals surface area contributed by atoms with Gasteiger partial charge < -0.3 is 9.26 Å². The van der Waals surface area contributed by atoms with Gasteiger partial charge in [0.1, 0.15) is 0 Å². The Morgan fingerprint density at radius 3 is 2.94 bits per heavy atom. The van der Waals surface area contributed by atoms with Gasteiger partial charge in [-0.15, -0.1) is 0 Å². The van der Waals surface area contributed by atoms with E-state index >= 15 is 0 Å². The summed E-state index contributed by atoms with van der Waals surface area (Å²) in [5.41, 5.74) is 0. The molecule has 0 bridgehead atoms. The van der Waals surface area contributed by atoms with Crippen LogP contribution in [0.2, 0.25) is 0 Å². The number of halogens is 1. The molecule has 1 fully saturated rings. The third-order valence-electron chi connectivity index (χ3n) is 2.60. The monoisotopic (exact) mass is 234 g/mol. The summed E-state index contributed by atoms with van der Waals surface area (Å²) in [5, 5.41) is 3.79. The molecule has 5 heteroatoms. The van der Waals surface area contributed by atoms with Crippen molar-refractivity contribution in [1.82, 2.24) is 10.1 Å². The summed E-state index contributed by atoms with van der Waals surface area (Å²) in [6, 6.07) is 6.24. The van der Waals surface area contributed by atoms with Gasteiger partial charge in [-0.1, -0.05) is 17.3 Å². The average Bonchev–Trinajstić information content (AvgIpc) is 3.08. The van der Waals surface area contributed by atoms with E-state index in [1.807, 2.05) is 0 Å². The SMILES string of the molecule is Fc1ccccc1OCc1noc(C2CC2)n1. The summed E-state index contributed by atoms with van der Waals surface area (Å²) in [4.78, 5) is 4.19. The quantitative estimate of drug-likeness (QED) is 0.816. The molecule has 0 spiro atoms. The summed E-state index contributed by atoms with van der Waals surface area (Å²) < 4.78 is 23.6. The highest BCUT2D eigenvalue weighted by molar-refractivity contribution is 5.23. The second-order valence-corrected chi connectivity index (χ2v) is 4.04. The number of nitrogens with zero attached hydrogens (tertiary/aromatic N) is 2. The predicted octanol–water partition coefficient (Wildman–Crippen LogP) is 2.67. The molecular weight excluding hydrogens is 223 g/mol. The van der Waals surface area contributed by atoms with Crippen molar-refractivity contribution in [3.8, 4) is 5.75 Å². The lowest BCUT2D eigenvalue weighted by Crippen LogP contribution is -1.99. The van der Waals surface area contributed by atoms with Crippen LogP contribution in [0.4, 0.5) is 4.39 Å². The van der Waals surface area contributed by atoms with Crippen LogP contribution in [-0.4, -0.2) is 10.1 Å². The zero-order valence-electron chi connectivity index (χ0n) is 9.10. The molecular formula is C12H11FN2O2. The molecule has 0 saturated heterocycles. The molecule has 0 amide bonds. The van der Waals surface area contributed by atoms with Crippen molar-refractivity contribution in [3.63, 3.8) is 0 Å². The van der Waals surface area contributed by atoms with Gasteiger partial charge in [0, 0.05) is 5.92 Å². The van der Waals surface area contributed by atoms with Crippen LogP contribution in [0.15, 0.2) is 28.8 Å². The molecule has 3 rings (SSSR count). The van der Waals surface area contributed by atoms with E-state index in [0.29, 0.717) is 17.6 Å². The Bertz CT molecular complexity index is 523. The van der Waals surface area contributed by atoms with Crippen LogP contribution in [0.3, 0.4) is 0 Å². The Kier molecular flexibility index (Phi) is 2.51. The van der Waals surface area contributed by atoms with E-state index in [1.54, 1.807) is 18.2 Å². The average molecular weight is 234 g/mol. The van der Waals surface area contributed by atoms with E-state index in [9.17, 15) is 4.39 Å². The third kappa shape index (κ3) is 2.27. The molecule has 2 aromatic rings. The van der Waals surface area contributed by atoms with Crippen LogP contribution in [-0.2, 0) is 6.61 Å². The minimum Gasteiger partial charge on any atom is -0.482 e. The fourth-order valence-corrected chi connectivity index (χ4v) is 1.53. The smallest absolute Gasteiger partial charge is 0.229 e. The predicted molar refractivity (Wildman–Crippen MR) is 57.0 cm³/mol. The number of aromatic nitrogens is 2. The molecule has 1 aliphatic carbocycles. The molecule has 1 saturated carbocycles. The van der Waals surface area contributed by atoms with Crippen LogP contribution in [0.1, 0.15) is 30.5 Å². The largest absolute Gasteiger partial charge is 0.482 e. The van der Waals surface area contributed by atoms with E-state index in [0.717, 1.165) is 12.8 Å². The van der Waals surface area contributed by atoms with Crippen LogP contribution in [0.5, 0.6) is 5.75 Å². The molecule has 0 unspecified atom stereocenters. The minimum atomic E-state index is -0.390. The Morgan fingerprint density at radius 2 is 2.18 bits per heavy atom. The first kappa shape index (κ1) is 10.3. The van der Waals surface area contributed by atoms with Gasteiger partial charge in [-0.3, -0.25) is 0 Å².